The van der Waals surface area contributed by atoms with E-state index < -0.39 is 15.9 Å². The molecular formula is C18H27NO5S. The molecule has 0 bridgehead atoms. The van der Waals surface area contributed by atoms with Gasteiger partial charge in [0.25, 0.3) is 5.91 Å². The molecule has 1 saturated heterocycles. The van der Waals surface area contributed by atoms with Gasteiger partial charge in [0.2, 0.25) is 0 Å². The Hall–Kier alpha value is -1.44. The van der Waals surface area contributed by atoms with Gasteiger partial charge in [0, 0.05) is 19.9 Å². The number of nitrogens with zero attached hydrogens (tertiary/aromatic N) is 1. The van der Waals surface area contributed by atoms with Crippen LogP contribution in [0.25, 0.3) is 0 Å². The van der Waals surface area contributed by atoms with Crippen molar-refractivity contribution in [3.8, 4) is 0 Å². The number of hydrogen-bond acceptors (Lipinski definition) is 5. The van der Waals surface area contributed by atoms with E-state index in [1.807, 2.05) is 6.92 Å². The Morgan fingerprint density at radius 2 is 1.96 bits per heavy atom. The van der Waals surface area contributed by atoms with E-state index in [1.54, 1.807) is 43.1 Å². The maximum atomic E-state index is 12.6. The lowest BCUT2D eigenvalue weighted by molar-refractivity contribution is -0.145. The fraction of sp³-hybridized carbons (Fsp3) is 0.611. The lowest BCUT2D eigenvalue weighted by Gasteiger charge is -2.28. The van der Waals surface area contributed by atoms with Gasteiger partial charge in [-0.3, -0.25) is 4.79 Å². The zero-order chi connectivity index (χ0) is 18.6. The van der Waals surface area contributed by atoms with Gasteiger partial charge in [-0.1, -0.05) is 12.1 Å². The zero-order valence-electron chi connectivity index (χ0n) is 15.3. The van der Waals surface area contributed by atoms with Crippen LogP contribution >= 0.6 is 0 Å². The van der Waals surface area contributed by atoms with E-state index in [9.17, 15) is 13.2 Å². The Morgan fingerprint density at radius 1 is 1.32 bits per heavy atom. The summed E-state index contributed by atoms with van der Waals surface area (Å²) >= 11 is 0. The molecule has 1 aliphatic heterocycles. The van der Waals surface area contributed by atoms with E-state index in [4.69, 9.17) is 9.47 Å². The largest absolute Gasteiger partial charge is 0.376 e. The first-order valence-electron chi connectivity index (χ1n) is 8.50. The molecule has 1 fully saturated rings. The van der Waals surface area contributed by atoms with Crippen LogP contribution in [0.2, 0.25) is 0 Å². The molecule has 0 saturated carbocycles. The first kappa shape index (κ1) is 19.9. The third kappa shape index (κ3) is 5.26. The molecule has 0 spiro atoms. The Kier molecular flexibility index (Phi) is 6.59. The van der Waals surface area contributed by atoms with Gasteiger partial charge in [-0.15, -0.1) is 0 Å². The summed E-state index contributed by atoms with van der Waals surface area (Å²) in [6.07, 6.45) is 2.72. The molecule has 3 atom stereocenters. The van der Waals surface area contributed by atoms with Gasteiger partial charge in [0.15, 0.2) is 9.84 Å². The number of hydrogen-bond donors (Lipinski definition) is 0. The molecule has 0 N–H and O–H groups in total. The fourth-order valence-corrected chi connectivity index (χ4v) is 3.42. The van der Waals surface area contributed by atoms with E-state index in [2.05, 4.69) is 0 Å². The number of carbonyl (C=O) groups is 1. The van der Waals surface area contributed by atoms with Crippen LogP contribution in [0.5, 0.6) is 0 Å². The maximum Gasteiger partial charge on any atom is 0.251 e. The molecule has 2 rings (SSSR count). The van der Waals surface area contributed by atoms with Gasteiger partial charge in [-0.25, -0.2) is 8.42 Å². The Balaban J connectivity index is 1.95. The van der Waals surface area contributed by atoms with Crippen LogP contribution in [0.4, 0.5) is 0 Å². The van der Waals surface area contributed by atoms with E-state index in [-0.39, 0.29) is 22.9 Å². The van der Waals surface area contributed by atoms with Crippen LogP contribution in [0.15, 0.2) is 29.2 Å². The summed E-state index contributed by atoms with van der Waals surface area (Å²) in [5.41, 5.74) is 0.870. The van der Waals surface area contributed by atoms with E-state index in [0.717, 1.165) is 25.0 Å². The highest BCUT2D eigenvalue weighted by Crippen LogP contribution is 2.22. The lowest BCUT2D eigenvalue weighted by Crippen LogP contribution is -2.39. The first-order valence-corrected chi connectivity index (χ1v) is 10.4. The summed E-state index contributed by atoms with van der Waals surface area (Å²) in [4.78, 5) is 14.4. The number of amides is 1. The second-order valence-electron chi connectivity index (χ2n) is 6.58. The summed E-state index contributed by atoms with van der Waals surface area (Å²) in [5, 5.41) is 0. The van der Waals surface area contributed by atoms with Gasteiger partial charge < -0.3 is 14.4 Å². The monoisotopic (exact) mass is 369 g/mol. The van der Waals surface area contributed by atoms with Crippen molar-refractivity contribution < 1.29 is 22.7 Å². The maximum absolute atomic E-state index is 12.6. The van der Waals surface area contributed by atoms with Crippen molar-refractivity contribution in [3.63, 3.8) is 0 Å². The predicted molar refractivity (Wildman–Crippen MR) is 95.1 cm³/mol. The summed E-state index contributed by atoms with van der Waals surface area (Å²) in [6.45, 7) is 4.84. The number of carbonyl (C=O) groups excluding carboxylic acids is 1. The van der Waals surface area contributed by atoms with Crippen molar-refractivity contribution in [1.82, 2.24) is 4.90 Å². The zero-order valence-corrected chi connectivity index (χ0v) is 16.1. The quantitative estimate of drug-likeness (QED) is 0.737. The summed E-state index contributed by atoms with van der Waals surface area (Å²) in [7, 11) is -1.50. The summed E-state index contributed by atoms with van der Waals surface area (Å²) in [6, 6.07) is 6.42. The highest BCUT2D eigenvalue weighted by Gasteiger charge is 2.25. The number of likely N-dealkylation sites (N-methyl/N-ethyl adjacent to an activating group) is 1. The second-order valence-corrected chi connectivity index (χ2v) is 8.59. The van der Waals surface area contributed by atoms with Gasteiger partial charge in [-0.05, 0) is 44.4 Å². The van der Waals surface area contributed by atoms with Crippen molar-refractivity contribution in [2.75, 3.05) is 26.5 Å². The van der Waals surface area contributed by atoms with Crippen molar-refractivity contribution in [2.24, 2.45) is 0 Å². The highest BCUT2D eigenvalue weighted by atomic mass is 32.2. The highest BCUT2D eigenvalue weighted by molar-refractivity contribution is 7.90. The first-order chi connectivity index (χ1) is 11.7. The van der Waals surface area contributed by atoms with Crippen LogP contribution in [-0.2, 0) is 24.1 Å². The van der Waals surface area contributed by atoms with E-state index in [0.29, 0.717) is 6.61 Å². The minimum Gasteiger partial charge on any atom is -0.376 e. The SMILES string of the molecule is CC(OCC1CCCO1)C(=O)N(C)C(C)c1ccc(S(C)(=O)=O)cc1. The number of sulfone groups is 1. The van der Waals surface area contributed by atoms with Gasteiger partial charge >= 0.3 is 0 Å². The minimum absolute atomic E-state index is 0.0847. The Bertz CT molecular complexity index is 680. The molecule has 140 valence electrons. The topological polar surface area (TPSA) is 72.9 Å². The molecule has 1 amide bonds. The molecule has 0 radical (unpaired) electrons. The standard InChI is InChI=1S/C18H27NO5S/c1-13(15-7-9-17(10-8-15)25(4,21)22)19(3)18(20)14(2)24-12-16-6-5-11-23-16/h7-10,13-14,16H,5-6,11-12H2,1-4H3. The average molecular weight is 369 g/mol. The molecule has 6 nitrogen and oxygen atoms in total. The van der Waals surface area contributed by atoms with E-state index in [1.165, 1.54) is 6.26 Å². The Labute approximate surface area is 150 Å². The molecule has 1 aliphatic rings. The molecule has 0 aromatic heterocycles. The van der Waals surface area contributed by atoms with Gasteiger partial charge in [0.05, 0.1) is 23.6 Å². The third-order valence-electron chi connectivity index (χ3n) is 4.62. The van der Waals surface area contributed by atoms with Crippen LogP contribution < -0.4 is 0 Å². The molecular weight excluding hydrogens is 342 g/mol. The van der Waals surface area contributed by atoms with Crippen LogP contribution in [0, 0.1) is 0 Å². The number of ether oxygens (including phenoxy) is 2. The third-order valence-corrected chi connectivity index (χ3v) is 5.75. The lowest BCUT2D eigenvalue weighted by atomic mass is 10.1. The molecule has 1 aromatic rings. The second kappa shape index (κ2) is 8.29. The average Bonchev–Trinajstić information content (AvgIpc) is 3.10. The molecule has 7 heteroatoms. The molecule has 0 aliphatic carbocycles. The van der Waals surface area contributed by atoms with Crippen LogP contribution in [-0.4, -0.2) is 58.0 Å². The predicted octanol–water partition coefficient (Wildman–Crippen LogP) is 2.19. The number of benzene rings is 1. The van der Waals surface area contributed by atoms with Crippen molar-refractivity contribution in [3.05, 3.63) is 29.8 Å². The van der Waals surface area contributed by atoms with Crippen molar-refractivity contribution >= 4 is 15.7 Å². The summed E-state index contributed by atoms with van der Waals surface area (Å²) in [5.74, 6) is -0.113. The van der Waals surface area contributed by atoms with Crippen LogP contribution in [0.1, 0.15) is 38.3 Å². The van der Waals surface area contributed by atoms with Gasteiger partial charge in [0.1, 0.15) is 6.10 Å². The fourth-order valence-electron chi connectivity index (χ4n) is 2.79. The summed E-state index contributed by atoms with van der Waals surface area (Å²) < 4.78 is 34.2. The molecule has 1 aromatic carbocycles. The Morgan fingerprint density at radius 3 is 2.48 bits per heavy atom. The van der Waals surface area contributed by atoms with Crippen molar-refractivity contribution in [2.45, 2.75) is 49.8 Å². The molecule has 3 unspecified atom stereocenters. The minimum atomic E-state index is -3.22. The molecule has 1 heterocycles. The normalized spacial score (nSPS) is 20.2. The van der Waals surface area contributed by atoms with Crippen molar-refractivity contribution in [1.29, 1.82) is 0 Å². The van der Waals surface area contributed by atoms with Gasteiger partial charge in [-0.2, -0.15) is 0 Å². The van der Waals surface area contributed by atoms with Crippen LogP contribution in [0.3, 0.4) is 0 Å². The van der Waals surface area contributed by atoms with E-state index >= 15 is 0 Å². The smallest absolute Gasteiger partial charge is 0.251 e. The molecule has 25 heavy (non-hydrogen) atoms. The number of rotatable bonds is 7.